The second-order valence-corrected chi connectivity index (χ2v) is 4.93. The molecule has 2 heterocycles. The molecule has 96 valence electrons. The van der Waals surface area contributed by atoms with Crippen LogP contribution >= 0.6 is 11.6 Å². The number of carbonyl (C=O) groups is 1. The molecular weight excluding hydrogens is 262 g/mol. The first-order chi connectivity index (χ1) is 9.08. The van der Waals surface area contributed by atoms with Crippen molar-refractivity contribution in [2.24, 2.45) is 0 Å². The lowest BCUT2D eigenvalue weighted by molar-refractivity contribution is 0.0977. The molecule has 1 aliphatic heterocycles. The second-order valence-electron chi connectivity index (χ2n) is 4.52. The average Bonchev–Trinajstić information content (AvgIpc) is 2.87. The van der Waals surface area contributed by atoms with Crippen molar-refractivity contribution in [3.8, 4) is 0 Å². The van der Waals surface area contributed by atoms with E-state index in [1.807, 2.05) is 19.1 Å². The van der Waals surface area contributed by atoms with Gasteiger partial charge in [0.2, 0.25) is 0 Å². The van der Waals surface area contributed by atoms with E-state index in [1.165, 1.54) is 0 Å². The number of carbonyl (C=O) groups excluding carboxylic acids is 1. The summed E-state index contributed by atoms with van der Waals surface area (Å²) in [6.45, 7) is 6.30. The van der Waals surface area contributed by atoms with Gasteiger partial charge in [-0.3, -0.25) is 4.79 Å². The van der Waals surface area contributed by atoms with E-state index in [0.29, 0.717) is 17.3 Å². The molecule has 1 aromatic heterocycles. The minimum atomic E-state index is -0.0772. The molecule has 0 unspecified atom stereocenters. The molecule has 0 bridgehead atoms. The summed E-state index contributed by atoms with van der Waals surface area (Å²) in [5.74, 6) is -0.0772. The molecule has 0 N–H and O–H groups in total. The zero-order valence-corrected chi connectivity index (χ0v) is 11.2. The number of hydrogen-bond donors (Lipinski definition) is 0. The van der Waals surface area contributed by atoms with Crippen molar-refractivity contribution in [2.75, 3.05) is 11.4 Å². The van der Waals surface area contributed by atoms with Crippen LogP contribution in [0.2, 0.25) is 5.02 Å². The summed E-state index contributed by atoms with van der Waals surface area (Å²) in [7, 11) is 0. The summed E-state index contributed by atoms with van der Waals surface area (Å²) in [5.41, 5.74) is 3.06. The topological polar surface area (TPSA) is 38.1 Å². The number of fused-ring (bicyclic) bond motifs is 1. The molecule has 0 atom stereocenters. The third-order valence-electron chi connectivity index (χ3n) is 3.20. The van der Waals surface area contributed by atoms with Gasteiger partial charge in [0.15, 0.2) is 0 Å². The first-order valence-electron chi connectivity index (χ1n) is 5.88. The molecule has 1 amide bonds. The molecule has 0 radical (unpaired) electrons. The fourth-order valence-corrected chi connectivity index (χ4v) is 2.30. The first-order valence-corrected chi connectivity index (χ1v) is 6.26. The molecule has 0 saturated heterocycles. The van der Waals surface area contributed by atoms with Crippen LogP contribution in [0.1, 0.15) is 16.1 Å². The van der Waals surface area contributed by atoms with E-state index in [4.69, 9.17) is 11.6 Å². The van der Waals surface area contributed by atoms with Gasteiger partial charge in [-0.25, -0.2) is 4.68 Å². The van der Waals surface area contributed by atoms with Gasteiger partial charge in [0.25, 0.3) is 5.91 Å². The summed E-state index contributed by atoms with van der Waals surface area (Å²) in [5, 5.41) is 4.79. The first kappa shape index (κ1) is 12.0. The molecule has 4 nitrogen and oxygen atoms in total. The molecule has 0 saturated carbocycles. The minimum Gasteiger partial charge on any atom is -0.301 e. The molecular formula is C14H12ClN3O. The molecule has 0 aliphatic carbocycles. The number of nitrogens with zero attached hydrogens (tertiary/aromatic N) is 3. The zero-order valence-electron chi connectivity index (χ0n) is 10.4. The SMILES string of the molecule is C=C1CN(c2ccc(Cl)c(C)c2)C(=O)c2ccnn21. The summed E-state index contributed by atoms with van der Waals surface area (Å²) in [6.07, 6.45) is 1.61. The number of halogens is 1. The number of hydrogen-bond acceptors (Lipinski definition) is 2. The van der Waals surface area contributed by atoms with Crippen molar-refractivity contribution in [1.29, 1.82) is 0 Å². The van der Waals surface area contributed by atoms with Crippen LogP contribution in [0.4, 0.5) is 5.69 Å². The van der Waals surface area contributed by atoms with E-state index >= 15 is 0 Å². The molecule has 1 aliphatic rings. The quantitative estimate of drug-likeness (QED) is 0.801. The van der Waals surface area contributed by atoms with Gasteiger partial charge < -0.3 is 4.90 Å². The molecule has 0 fully saturated rings. The summed E-state index contributed by atoms with van der Waals surface area (Å²) in [6, 6.07) is 7.24. The lowest BCUT2D eigenvalue weighted by Gasteiger charge is -2.29. The lowest BCUT2D eigenvalue weighted by Crippen LogP contribution is -2.39. The van der Waals surface area contributed by atoms with Crippen molar-refractivity contribution in [3.05, 3.63) is 53.3 Å². The summed E-state index contributed by atoms with van der Waals surface area (Å²) in [4.78, 5) is 14.1. The number of aromatic nitrogens is 2. The highest BCUT2D eigenvalue weighted by molar-refractivity contribution is 6.31. The maximum Gasteiger partial charge on any atom is 0.277 e. The molecule has 0 spiro atoms. The molecule has 19 heavy (non-hydrogen) atoms. The molecule has 2 aromatic rings. The van der Waals surface area contributed by atoms with Gasteiger partial charge in [-0.2, -0.15) is 5.10 Å². The third kappa shape index (κ3) is 1.85. The Morgan fingerprint density at radius 2 is 2.16 bits per heavy atom. The maximum atomic E-state index is 12.4. The van der Waals surface area contributed by atoms with Gasteiger partial charge in [0.05, 0.1) is 18.4 Å². The van der Waals surface area contributed by atoms with Gasteiger partial charge in [-0.15, -0.1) is 0 Å². The Morgan fingerprint density at radius 3 is 2.89 bits per heavy atom. The Kier molecular flexibility index (Phi) is 2.68. The van der Waals surface area contributed by atoms with E-state index in [-0.39, 0.29) is 5.91 Å². The van der Waals surface area contributed by atoms with Crippen LogP contribution < -0.4 is 4.90 Å². The van der Waals surface area contributed by atoms with Crippen LogP contribution in [-0.2, 0) is 0 Å². The largest absolute Gasteiger partial charge is 0.301 e. The van der Waals surface area contributed by atoms with Crippen LogP contribution in [0.25, 0.3) is 5.70 Å². The lowest BCUT2D eigenvalue weighted by atomic mass is 10.1. The zero-order chi connectivity index (χ0) is 13.6. The van der Waals surface area contributed by atoms with E-state index in [0.717, 1.165) is 16.9 Å². The van der Waals surface area contributed by atoms with Crippen LogP contribution in [0.3, 0.4) is 0 Å². The predicted octanol–water partition coefficient (Wildman–Crippen LogP) is 2.98. The molecule has 3 rings (SSSR count). The van der Waals surface area contributed by atoms with Gasteiger partial charge >= 0.3 is 0 Å². The highest BCUT2D eigenvalue weighted by Crippen LogP contribution is 2.27. The Morgan fingerprint density at radius 1 is 1.37 bits per heavy atom. The van der Waals surface area contributed by atoms with E-state index < -0.39 is 0 Å². The van der Waals surface area contributed by atoms with E-state index in [9.17, 15) is 4.79 Å². The van der Waals surface area contributed by atoms with Crippen molar-refractivity contribution in [1.82, 2.24) is 9.78 Å². The monoisotopic (exact) mass is 273 g/mol. The fourth-order valence-electron chi connectivity index (χ4n) is 2.18. The molecule has 1 aromatic carbocycles. The fraction of sp³-hybridized carbons (Fsp3) is 0.143. The number of amides is 1. The van der Waals surface area contributed by atoms with Gasteiger partial charge in [0.1, 0.15) is 5.69 Å². The molecule has 5 heteroatoms. The van der Waals surface area contributed by atoms with Crippen molar-refractivity contribution in [2.45, 2.75) is 6.92 Å². The summed E-state index contributed by atoms with van der Waals surface area (Å²) >= 11 is 6.01. The second kappa shape index (κ2) is 4.24. The van der Waals surface area contributed by atoms with Crippen LogP contribution in [0, 0.1) is 6.92 Å². The highest BCUT2D eigenvalue weighted by atomic mass is 35.5. The van der Waals surface area contributed by atoms with Crippen molar-refractivity contribution in [3.63, 3.8) is 0 Å². The maximum absolute atomic E-state index is 12.4. The standard InChI is InChI=1S/C14H12ClN3O/c1-9-7-11(3-4-12(9)15)17-8-10(2)18-13(14(17)19)5-6-16-18/h3-7H,2,8H2,1H3. The van der Waals surface area contributed by atoms with Crippen molar-refractivity contribution >= 4 is 28.9 Å². The number of aryl methyl sites for hydroxylation is 1. The van der Waals surface area contributed by atoms with E-state index in [1.54, 1.807) is 27.9 Å². The minimum absolute atomic E-state index is 0.0772. The number of benzene rings is 1. The average molecular weight is 274 g/mol. The Balaban J connectivity index is 2.05. The number of rotatable bonds is 1. The van der Waals surface area contributed by atoms with Crippen LogP contribution in [0.15, 0.2) is 37.0 Å². The Labute approximate surface area is 115 Å². The van der Waals surface area contributed by atoms with E-state index in [2.05, 4.69) is 11.7 Å². The normalized spacial score (nSPS) is 14.7. The Hall–Kier alpha value is -2.07. The third-order valence-corrected chi connectivity index (χ3v) is 3.62. The number of anilines is 1. The predicted molar refractivity (Wildman–Crippen MR) is 75.4 cm³/mol. The van der Waals surface area contributed by atoms with Gasteiger partial charge in [-0.05, 0) is 36.8 Å². The van der Waals surface area contributed by atoms with Crippen LogP contribution in [0.5, 0.6) is 0 Å². The summed E-state index contributed by atoms with van der Waals surface area (Å²) < 4.78 is 1.58. The van der Waals surface area contributed by atoms with Gasteiger partial charge in [-0.1, -0.05) is 18.2 Å². The van der Waals surface area contributed by atoms with Crippen molar-refractivity contribution < 1.29 is 4.79 Å². The highest BCUT2D eigenvalue weighted by Gasteiger charge is 2.28. The Bertz CT molecular complexity index is 690. The van der Waals surface area contributed by atoms with Gasteiger partial charge in [0, 0.05) is 10.7 Å². The smallest absolute Gasteiger partial charge is 0.277 e. The van der Waals surface area contributed by atoms with Crippen LogP contribution in [-0.4, -0.2) is 22.2 Å².